The van der Waals surface area contributed by atoms with Gasteiger partial charge in [0.25, 0.3) is 0 Å². The van der Waals surface area contributed by atoms with Crippen LogP contribution in [0.5, 0.6) is 0 Å². The van der Waals surface area contributed by atoms with E-state index in [-0.39, 0.29) is 37.4 Å². The maximum Gasteiger partial charge on any atom is 0.469 e. The Balaban J connectivity index is 1.68. The average Bonchev–Trinajstić information content (AvgIpc) is 2.86. The lowest BCUT2D eigenvalue weighted by Crippen LogP contribution is -2.50. The number of hydrazine groups is 1. The van der Waals surface area contributed by atoms with Gasteiger partial charge in [-0.1, -0.05) is 12.1 Å². The number of amides is 2. The van der Waals surface area contributed by atoms with E-state index in [1.807, 2.05) is 0 Å². The van der Waals surface area contributed by atoms with Crippen LogP contribution < -0.4 is 10.7 Å². The summed E-state index contributed by atoms with van der Waals surface area (Å²) in [5, 5.41) is 4.58. The molecule has 4 N–H and O–H groups in total. The van der Waals surface area contributed by atoms with Crippen LogP contribution in [-0.2, 0) is 25.2 Å². The number of carbonyl (C=O) groups excluding carboxylic acids is 2. The molecule has 0 unspecified atom stereocenters. The Morgan fingerprint density at radius 1 is 1.13 bits per heavy atom. The minimum Gasteiger partial charge on any atom is -0.447 e. The highest BCUT2D eigenvalue weighted by Gasteiger charge is 2.24. The van der Waals surface area contributed by atoms with Gasteiger partial charge in [-0.2, -0.15) is 0 Å². The van der Waals surface area contributed by atoms with Crippen LogP contribution in [0, 0.1) is 17.5 Å². The molecule has 0 saturated heterocycles. The molecule has 39 heavy (non-hydrogen) atoms. The number of pyridine rings is 1. The van der Waals surface area contributed by atoms with Gasteiger partial charge in [-0.25, -0.2) is 32.9 Å². The highest BCUT2D eigenvalue weighted by Crippen LogP contribution is 2.35. The van der Waals surface area contributed by atoms with Crippen molar-refractivity contribution in [3.05, 3.63) is 71.7 Å². The third kappa shape index (κ3) is 9.30. The molecule has 0 aliphatic carbocycles. The monoisotopic (exact) mass is 570 g/mol. The van der Waals surface area contributed by atoms with Crippen molar-refractivity contribution in [2.75, 3.05) is 18.5 Å². The van der Waals surface area contributed by atoms with E-state index in [9.17, 15) is 27.3 Å². The summed E-state index contributed by atoms with van der Waals surface area (Å²) in [5.41, 5.74) is 2.62. The van der Waals surface area contributed by atoms with Crippen LogP contribution in [0.25, 0.3) is 10.8 Å². The SMILES string of the molecule is CC(=O)N(NCc1cccc(F)c1F)[C@@H](CCCOP(=O)(O)O)COC(=O)Nc1cc2cc(F)ccc2cn1. The van der Waals surface area contributed by atoms with Gasteiger partial charge in [0.15, 0.2) is 11.6 Å². The third-order valence-electron chi connectivity index (χ3n) is 5.44. The molecule has 210 valence electrons. The largest absolute Gasteiger partial charge is 0.469 e. The lowest BCUT2D eigenvalue weighted by atomic mass is 10.1. The van der Waals surface area contributed by atoms with Crippen molar-refractivity contribution in [2.24, 2.45) is 0 Å². The first-order valence-electron chi connectivity index (χ1n) is 11.6. The number of phosphoric acid groups is 1. The van der Waals surface area contributed by atoms with E-state index in [1.165, 1.54) is 49.5 Å². The molecule has 0 aliphatic rings. The zero-order chi connectivity index (χ0) is 28.6. The Morgan fingerprint density at radius 3 is 2.62 bits per heavy atom. The van der Waals surface area contributed by atoms with Crippen molar-refractivity contribution in [3.8, 4) is 0 Å². The summed E-state index contributed by atoms with van der Waals surface area (Å²) < 4.78 is 61.8. The summed E-state index contributed by atoms with van der Waals surface area (Å²) in [7, 11) is -4.72. The van der Waals surface area contributed by atoms with E-state index in [0.29, 0.717) is 10.8 Å². The van der Waals surface area contributed by atoms with Gasteiger partial charge in [0, 0.05) is 30.6 Å². The number of hydrogen-bond acceptors (Lipinski definition) is 7. The van der Waals surface area contributed by atoms with E-state index in [4.69, 9.17) is 14.5 Å². The first-order chi connectivity index (χ1) is 18.4. The molecular weight excluding hydrogens is 544 g/mol. The van der Waals surface area contributed by atoms with Crippen LogP contribution >= 0.6 is 7.82 Å². The topological polar surface area (TPSA) is 150 Å². The molecule has 3 aromatic rings. The smallest absolute Gasteiger partial charge is 0.447 e. The van der Waals surface area contributed by atoms with Crippen LogP contribution in [0.1, 0.15) is 25.3 Å². The van der Waals surface area contributed by atoms with E-state index >= 15 is 0 Å². The van der Waals surface area contributed by atoms with E-state index in [2.05, 4.69) is 20.3 Å². The molecule has 1 aromatic heterocycles. The number of fused-ring (bicyclic) bond motifs is 1. The van der Waals surface area contributed by atoms with Gasteiger partial charge in [0.1, 0.15) is 18.2 Å². The second-order valence-electron chi connectivity index (χ2n) is 8.34. The first-order valence-corrected chi connectivity index (χ1v) is 13.1. The minimum atomic E-state index is -4.72. The van der Waals surface area contributed by atoms with Crippen LogP contribution in [0.3, 0.4) is 0 Å². The van der Waals surface area contributed by atoms with Crippen molar-refractivity contribution < 1.29 is 46.4 Å². The molecule has 1 atom stereocenters. The van der Waals surface area contributed by atoms with Crippen molar-refractivity contribution in [3.63, 3.8) is 0 Å². The number of carbonyl (C=O) groups is 2. The maximum atomic E-state index is 14.1. The highest BCUT2D eigenvalue weighted by molar-refractivity contribution is 7.46. The normalized spacial score (nSPS) is 12.3. The molecular formula is C24H26F3N4O7P. The fourth-order valence-electron chi connectivity index (χ4n) is 3.63. The van der Waals surface area contributed by atoms with Gasteiger partial charge in [0.2, 0.25) is 5.91 Å². The quantitative estimate of drug-likeness (QED) is 0.144. The lowest BCUT2D eigenvalue weighted by Gasteiger charge is -2.31. The Bertz CT molecular complexity index is 1370. The van der Waals surface area contributed by atoms with Crippen LogP contribution in [0.4, 0.5) is 23.8 Å². The predicted molar refractivity (Wildman–Crippen MR) is 133 cm³/mol. The third-order valence-corrected chi connectivity index (χ3v) is 5.96. The fraction of sp³-hybridized carbons (Fsp3) is 0.292. The summed E-state index contributed by atoms with van der Waals surface area (Å²) in [6.07, 6.45) is 0.563. The molecule has 2 aromatic carbocycles. The number of nitrogens with zero attached hydrogens (tertiary/aromatic N) is 2. The van der Waals surface area contributed by atoms with Crippen molar-refractivity contribution >= 4 is 36.4 Å². The Hall–Kier alpha value is -3.55. The number of aromatic nitrogens is 1. The van der Waals surface area contributed by atoms with Crippen LogP contribution in [-0.4, -0.2) is 51.0 Å². The average molecular weight is 570 g/mol. The Morgan fingerprint density at radius 2 is 1.90 bits per heavy atom. The second kappa shape index (κ2) is 13.5. The van der Waals surface area contributed by atoms with Crippen LogP contribution in [0.2, 0.25) is 0 Å². The van der Waals surface area contributed by atoms with Crippen LogP contribution in [0.15, 0.2) is 48.7 Å². The summed E-state index contributed by atoms with van der Waals surface area (Å²) in [6.45, 7) is 0.131. The number of hydrogen-bond donors (Lipinski definition) is 4. The maximum absolute atomic E-state index is 14.1. The molecule has 0 aliphatic heterocycles. The minimum absolute atomic E-state index is 0.0400. The zero-order valence-electron chi connectivity index (χ0n) is 20.6. The molecule has 2 amide bonds. The Kier molecular flexibility index (Phi) is 10.4. The molecule has 1 heterocycles. The number of nitrogens with one attached hydrogen (secondary N) is 2. The molecule has 11 nitrogen and oxygen atoms in total. The summed E-state index contributed by atoms with van der Waals surface area (Å²) in [6, 6.07) is 8.16. The fourth-order valence-corrected chi connectivity index (χ4v) is 4.00. The van der Waals surface area contributed by atoms with E-state index < -0.39 is 49.9 Å². The molecule has 3 rings (SSSR count). The first kappa shape index (κ1) is 30.0. The van der Waals surface area contributed by atoms with Gasteiger partial charge in [0.05, 0.1) is 12.6 Å². The van der Waals surface area contributed by atoms with Crippen molar-refractivity contribution in [1.82, 2.24) is 15.4 Å². The molecule has 15 heteroatoms. The van der Waals surface area contributed by atoms with Gasteiger partial charge in [-0.15, -0.1) is 0 Å². The van der Waals surface area contributed by atoms with Gasteiger partial charge < -0.3 is 14.5 Å². The van der Waals surface area contributed by atoms with Crippen molar-refractivity contribution in [1.29, 1.82) is 0 Å². The lowest BCUT2D eigenvalue weighted by molar-refractivity contribution is -0.136. The molecule has 0 fully saturated rings. The summed E-state index contributed by atoms with van der Waals surface area (Å²) in [5.74, 6) is -3.12. The molecule has 0 spiro atoms. The predicted octanol–water partition coefficient (Wildman–Crippen LogP) is 4.01. The summed E-state index contributed by atoms with van der Waals surface area (Å²) in [4.78, 5) is 46.6. The Labute approximate surface area is 221 Å². The van der Waals surface area contributed by atoms with E-state index in [0.717, 1.165) is 11.1 Å². The standard InChI is InChI=1S/C24H26F3N4O7P/c1-15(32)31(29-13-17-4-2-6-21(26)23(17)27)20(5-3-9-38-39(34,35)36)14-37-24(33)30-22-11-18-10-19(25)8-7-16(18)12-28-22/h2,4,6-8,10-12,20,29H,3,5,9,13-14H2,1H3,(H,28,30,33)(H2,34,35,36)/t20-/m0/s1. The second-order valence-corrected chi connectivity index (χ2v) is 9.58. The highest BCUT2D eigenvalue weighted by atomic mass is 31.2. The zero-order valence-corrected chi connectivity index (χ0v) is 21.5. The number of halogens is 3. The van der Waals surface area contributed by atoms with Gasteiger partial charge in [-0.3, -0.25) is 19.6 Å². The van der Waals surface area contributed by atoms with Gasteiger partial charge in [-0.05, 0) is 48.6 Å². The van der Waals surface area contributed by atoms with Crippen molar-refractivity contribution in [2.45, 2.75) is 32.4 Å². The number of rotatable bonds is 12. The van der Waals surface area contributed by atoms with E-state index in [1.54, 1.807) is 0 Å². The molecule has 0 saturated carbocycles. The summed E-state index contributed by atoms with van der Waals surface area (Å²) >= 11 is 0. The van der Waals surface area contributed by atoms with Gasteiger partial charge >= 0.3 is 13.9 Å². The molecule has 0 bridgehead atoms. The number of anilines is 1. The number of benzene rings is 2. The number of phosphoric ester groups is 1. The molecule has 0 radical (unpaired) electrons. The number of ether oxygens (including phenoxy) is 1.